The zero-order valence-corrected chi connectivity index (χ0v) is 14.5. The van der Waals surface area contributed by atoms with Crippen molar-refractivity contribution in [2.75, 3.05) is 25.0 Å². The molecule has 4 nitrogen and oxygen atoms in total. The molecule has 0 bridgehead atoms. The number of amides is 1. The summed E-state index contributed by atoms with van der Waals surface area (Å²) < 4.78 is 1.12. The number of benzene rings is 1. The number of anilines is 1. The second kappa shape index (κ2) is 8.17. The number of nitrogens with one attached hydrogen (secondary N) is 1. The monoisotopic (exact) mass is 409 g/mol. The molecule has 2 rings (SSSR count). The highest BCUT2D eigenvalue weighted by Crippen LogP contribution is 2.21. The molecular formula is C14H21ClIN3O. The smallest absolute Gasteiger partial charge is 0.238 e. The molecular weight excluding hydrogens is 389 g/mol. The highest BCUT2D eigenvalue weighted by Gasteiger charge is 2.29. The summed E-state index contributed by atoms with van der Waals surface area (Å²) in [4.78, 5) is 14.2. The third-order valence-corrected chi connectivity index (χ3v) is 4.25. The molecule has 0 aromatic heterocycles. The molecule has 0 radical (unpaired) electrons. The second-order valence-corrected chi connectivity index (χ2v) is 6.42. The van der Waals surface area contributed by atoms with Gasteiger partial charge in [-0.05, 0) is 66.6 Å². The lowest BCUT2D eigenvalue weighted by Crippen LogP contribution is -2.36. The van der Waals surface area contributed by atoms with Gasteiger partial charge in [-0.1, -0.05) is 6.07 Å². The number of hydrogen-bond donors (Lipinski definition) is 2. The van der Waals surface area contributed by atoms with Gasteiger partial charge in [0.05, 0.1) is 6.54 Å². The first-order valence-corrected chi connectivity index (χ1v) is 7.66. The van der Waals surface area contributed by atoms with Crippen molar-refractivity contribution in [3.63, 3.8) is 0 Å². The lowest BCUT2D eigenvalue weighted by Gasteiger charge is -2.20. The van der Waals surface area contributed by atoms with Crippen LogP contribution in [-0.4, -0.2) is 36.5 Å². The molecule has 1 aliphatic rings. The maximum absolute atomic E-state index is 12.0. The van der Waals surface area contributed by atoms with E-state index in [1.165, 1.54) is 0 Å². The Morgan fingerprint density at radius 1 is 1.55 bits per heavy atom. The van der Waals surface area contributed by atoms with Gasteiger partial charge in [-0.2, -0.15) is 0 Å². The van der Waals surface area contributed by atoms with E-state index in [1.807, 2.05) is 24.3 Å². The summed E-state index contributed by atoms with van der Waals surface area (Å²) in [6.07, 6.45) is 1.09. The van der Waals surface area contributed by atoms with Crippen LogP contribution in [0.5, 0.6) is 0 Å². The SMILES string of the molecule is CC1CC(CN)CN1CC(=O)Nc1cccc(I)c1.Cl. The Kier molecular flexibility index (Phi) is 7.22. The minimum Gasteiger partial charge on any atom is -0.330 e. The van der Waals surface area contributed by atoms with E-state index in [-0.39, 0.29) is 18.3 Å². The van der Waals surface area contributed by atoms with E-state index in [0.717, 1.165) is 22.2 Å². The van der Waals surface area contributed by atoms with Crippen molar-refractivity contribution in [3.8, 4) is 0 Å². The van der Waals surface area contributed by atoms with Crippen molar-refractivity contribution in [3.05, 3.63) is 27.8 Å². The average Bonchev–Trinajstić information content (AvgIpc) is 2.70. The maximum atomic E-state index is 12.0. The van der Waals surface area contributed by atoms with E-state index in [4.69, 9.17) is 5.73 Å². The molecule has 1 amide bonds. The fourth-order valence-electron chi connectivity index (χ4n) is 2.56. The highest BCUT2D eigenvalue weighted by atomic mass is 127. The van der Waals surface area contributed by atoms with E-state index in [9.17, 15) is 4.79 Å². The van der Waals surface area contributed by atoms with Gasteiger partial charge >= 0.3 is 0 Å². The van der Waals surface area contributed by atoms with Crippen LogP contribution >= 0.6 is 35.0 Å². The molecule has 3 N–H and O–H groups in total. The molecule has 6 heteroatoms. The molecule has 1 fully saturated rings. The minimum absolute atomic E-state index is 0. The van der Waals surface area contributed by atoms with E-state index in [1.54, 1.807) is 0 Å². The van der Waals surface area contributed by atoms with Crippen LogP contribution in [-0.2, 0) is 4.79 Å². The number of carbonyl (C=O) groups is 1. The van der Waals surface area contributed by atoms with Crippen LogP contribution in [0.15, 0.2) is 24.3 Å². The Morgan fingerprint density at radius 2 is 2.30 bits per heavy atom. The molecule has 0 saturated carbocycles. The Labute approximate surface area is 140 Å². The average molecular weight is 410 g/mol. The molecule has 0 aliphatic carbocycles. The van der Waals surface area contributed by atoms with Gasteiger partial charge in [-0.15, -0.1) is 12.4 Å². The maximum Gasteiger partial charge on any atom is 0.238 e. The summed E-state index contributed by atoms with van der Waals surface area (Å²) in [5.74, 6) is 0.576. The predicted molar refractivity (Wildman–Crippen MR) is 93.2 cm³/mol. The molecule has 1 saturated heterocycles. The Hall–Kier alpha value is -0.370. The quantitative estimate of drug-likeness (QED) is 0.751. The number of hydrogen-bond acceptors (Lipinski definition) is 3. The van der Waals surface area contributed by atoms with Gasteiger partial charge in [-0.3, -0.25) is 9.69 Å². The van der Waals surface area contributed by atoms with E-state index in [2.05, 4.69) is 39.7 Å². The van der Waals surface area contributed by atoms with Gasteiger partial charge in [-0.25, -0.2) is 0 Å². The summed E-state index contributed by atoms with van der Waals surface area (Å²) in [5, 5.41) is 2.95. The van der Waals surface area contributed by atoms with E-state index >= 15 is 0 Å². The fourth-order valence-corrected chi connectivity index (χ4v) is 3.10. The summed E-state index contributed by atoms with van der Waals surface area (Å²) >= 11 is 2.24. The van der Waals surface area contributed by atoms with E-state index < -0.39 is 0 Å². The van der Waals surface area contributed by atoms with Gasteiger partial charge in [0.2, 0.25) is 5.91 Å². The number of carbonyl (C=O) groups excluding carboxylic acids is 1. The van der Waals surface area contributed by atoms with Gasteiger partial charge in [0.25, 0.3) is 0 Å². The third kappa shape index (κ3) is 4.87. The van der Waals surface area contributed by atoms with Crippen LogP contribution in [0.3, 0.4) is 0 Å². The van der Waals surface area contributed by atoms with Gasteiger partial charge in [0, 0.05) is 21.8 Å². The normalized spacial score (nSPS) is 22.4. The first-order chi connectivity index (χ1) is 9.08. The van der Waals surface area contributed by atoms with Crippen molar-refractivity contribution >= 4 is 46.6 Å². The minimum atomic E-state index is 0. The topological polar surface area (TPSA) is 58.4 Å². The first-order valence-electron chi connectivity index (χ1n) is 6.58. The molecule has 1 aliphatic heterocycles. The van der Waals surface area contributed by atoms with Crippen molar-refractivity contribution < 1.29 is 4.79 Å². The zero-order valence-electron chi connectivity index (χ0n) is 11.5. The molecule has 1 aromatic rings. The largest absolute Gasteiger partial charge is 0.330 e. The molecule has 1 heterocycles. The molecule has 112 valence electrons. The summed E-state index contributed by atoms with van der Waals surface area (Å²) in [6.45, 7) is 4.24. The standard InChI is InChI=1S/C14H20IN3O.ClH/c1-10-5-11(7-16)8-18(10)9-14(19)17-13-4-2-3-12(15)6-13;/h2-4,6,10-11H,5,7-9,16H2,1H3,(H,17,19);1H. The van der Waals surface area contributed by atoms with Crippen LogP contribution in [0.4, 0.5) is 5.69 Å². The Bertz CT molecular complexity index is 458. The molecule has 0 spiro atoms. The van der Waals surface area contributed by atoms with Crippen molar-refractivity contribution in [1.82, 2.24) is 4.90 Å². The van der Waals surface area contributed by atoms with Crippen LogP contribution < -0.4 is 11.1 Å². The highest BCUT2D eigenvalue weighted by molar-refractivity contribution is 14.1. The Morgan fingerprint density at radius 3 is 2.90 bits per heavy atom. The van der Waals surface area contributed by atoms with Crippen molar-refractivity contribution in [2.24, 2.45) is 11.7 Å². The van der Waals surface area contributed by atoms with E-state index in [0.29, 0.717) is 25.0 Å². The van der Waals surface area contributed by atoms with Crippen LogP contribution in [0.1, 0.15) is 13.3 Å². The summed E-state index contributed by atoms with van der Waals surface area (Å²) in [5.41, 5.74) is 6.56. The first kappa shape index (κ1) is 17.7. The fraction of sp³-hybridized carbons (Fsp3) is 0.500. The lowest BCUT2D eigenvalue weighted by molar-refractivity contribution is -0.117. The molecule has 1 aromatic carbocycles. The van der Waals surface area contributed by atoms with Gasteiger partial charge < -0.3 is 11.1 Å². The molecule has 20 heavy (non-hydrogen) atoms. The third-order valence-electron chi connectivity index (χ3n) is 3.58. The predicted octanol–water partition coefficient (Wildman–Crippen LogP) is 2.32. The van der Waals surface area contributed by atoms with Crippen LogP contribution in [0.2, 0.25) is 0 Å². The van der Waals surface area contributed by atoms with Crippen LogP contribution in [0.25, 0.3) is 0 Å². The number of rotatable bonds is 4. The van der Waals surface area contributed by atoms with Crippen LogP contribution in [0, 0.1) is 9.49 Å². The Balaban J connectivity index is 0.00000200. The number of nitrogens with zero attached hydrogens (tertiary/aromatic N) is 1. The van der Waals surface area contributed by atoms with Crippen molar-refractivity contribution in [2.45, 2.75) is 19.4 Å². The van der Waals surface area contributed by atoms with Crippen molar-refractivity contribution in [1.29, 1.82) is 0 Å². The lowest BCUT2D eigenvalue weighted by atomic mass is 10.1. The number of nitrogens with two attached hydrogens (primary N) is 1. The zero-order chi connectivity index (χ0) is 13.8. The molecule has 2 unspecified atom stereocenters. The summed E-state index contributed by atoms with van der Waals surface area (Å²) in [7, 11) is 0. The number of likely N-dealkylation sites (tertiary alicyclic amines) is 1. The second-order valence-electron chi connectivity index (χ2n) is 5.17. The molecule has 2 atom stereocenters. The summed E-state index contributed by atoms with van der Waals surface area (Å²) in [6, 6.07) is 8.27. The van der Waals surface area contributed by atoms with Gasteiger partial charge in [0.1, 0.15) is 0 Å². The van der Waals surface area contributed by atoms with Gasteiger partial charge in [0.15, 0.2) is 0 Å². The number of halogens is 2.